The Morgan fingerprint density at radius 2 is 2.09 bits per heavy atom. The van der Waals surface area contributed by atoms with E-state index in [-0.39, 0.29) is 17.6 Å². The van der Waals surface area contributed by atoms with Gasteiger partial charge < -0.3 is 11.2 Å². The van der Waals surface area contributed by atoms with Crippen molar-refractivity contribution in [3.63, 3.8) is 0 Å². The number of amides is 1. The van der Waals surface area contributed by atoms with Crippen molar-refractivity contribution in [2.75, 3.05) is 17.0 Å². The Morgan fingerprint density at radius 3 is 2.73 bits per heavy atom. The van der Waals surface area contributed by atoms with Crippen LogP contribution in [0.5, 0.6) is 0 Å². The standard InChI is InChI=1S/C11H13Cl2N7OS/c12-7-2-1-6(3-8(7)13)4-16-9(21)5-22-11-19-18-10(17-14)20(11)15/h1-3H,4-5,14-15H2,(H,16,21)(H,17,18). The lowest BCUT2D eigenvalue weighted by Gasteiger charge is -2.06. The van der Waals surface area contributed by atoms with Crippen LogP contribution in [0.15, 0.2) is 23.4 Å². The van der Waals surface area contributed by atoms with Crippen LogP contribution in [0.2, 0.25) is 10.0 Å². The van der Waals surface area contributed by atoms with Crippen molar-refractivity contribution in [2.45, 2.75) is 11.7 Å². The van der Waals surface area contributed by atoms with Crippen LogP contribution in [0.3, 0.4) is 0 Å². The van der Waals surface area contributed by atoms with E-state index < -0.39 is 0 Å². The molecule has 0 fully saturated rings. The van der Waals surface area contributed by atoms with Gasteiger partial charge in [-0.25, -0.2) is 10.5 Å². The van der Waals surface area contributed by atoms with Gasteiger partial charge in [0.2, 0.25) is 11.1 Å². The molecule has 0 radical (unpaired) electrons. The highest BCUT2D eigenvalue weighted by Crippen LogP contribution is 2.22. The fourth-order valence-electron chi connectivity index (χ4n) is 1.51. The lowest BCUT2D eigenvalue weighted by atomic mass is 10.2. The Labute approximate surface area is 140 Å². The number of hydrogen-bond donors (Lipinski definition) is 4. The molecule has 1 heterocycles. The van der Waals surface area contributed by atoms with Gasteiger partial charge in [0.25, 0.3) is 5.95 Å². The average Bonchev–Trinajstić information content (AvgIpc) is 2.86. The molecule has 0 aliphatic heterocycles. The van der Waals surface area contributed by atoms with E-state index in [4.69, 9.17) is 34.9 Å². The lowest BCUT2D eigenvalue weighted by molar-refractivity contribution is -0.118. The van der Waals surface area contributed by atoms with Crippen molar-refractivity contribution in [1.82, 2.24) is 20.2 Å². The number of anilines is 1. The molecule has 1 aromatic carbocycles. The average molecular weight is 362 g/mol. The minimum Gasteiger partial charge on any atom is -0.351 e. The number of nitrogens with one attached hydrogen (secondary N) is 2. The van der Waals surface area contributed by atoms with Gasteiger partial charge in [0.05, 0.1) is 15.8 Å². The number of nitrogens with zero attached hydrogens (tertiary/aromatic N) is 3. The largest absolute Gasteiger partial charge is 0.351 e. The predicted molar refractivity (Wildman–Crippen MR) is 87.0 cm³/mol. The number of rotatable bonds is 6. The summed E-state index contributed by atoms with van der Waals surface area (Å²) in [5, 5.41) is 11.5. The van der Waals surface area contributed by atoms with Gasteiger partial charge in [-0.3, -0.25) is 10.2 Å². The molecule has 0 atom stereocenters. The van der Waals surface area contributed by atoms with E-state index in [0.29, 0.717) is 21.7 Å². The number of thioether (sulfide) groups is 1. The van der Waals surface area contributed by atoms with Gasteiger partial charge in [0.1, 0.15) is 0 Å². The van der Waals surface area contributed by atoms with E-state index in [1.807, 2.05) is 0 Å². The Bertz CT molecular complexity index is 678. The third-order valence-corrected chi connectivity index (χ3v) is 4.28. The SMILES string of the molecule is NNc1nnc(SCC(=O)NCc2ccc(Cl)c(Cl)c2)n1N. The van der Waals surface area contributed by atoms with Crippen molar-refractivity contribution in [2.24, 2.45) is 5.84 Å². The topological polar surface area (TPSA) is 124 Å². The first-order chi connectivity index (χ1) is 10.5. The second-order valence-electron chi connectivity index (χ2n) is 4.13. The van der Waals surface area contributed by atoms with Crippen LogP contribution < -0.4 is 22.4 Å². The number of aromatic nitrogens is 3. The van der Waals surface area contributed by atoms with Gasteiger partial charge in [0.15, 0.2) is 0 Å². The van der Waals surface area contributed by atoms with Crippen LogP contribution >= 0.6 is 35.0 Å². The summed E-state index contributed by atoms with van der Waals surface area (Å²) in [6.45, 7) is 0.348. The highest BCUT2D eigenvalue weighted by atomic mass is 35.5. The minimum atomic E-state index is -0.179. The van der Waals surface area contributed by atoms with E-state index in [2.05, 4.69) is 20.9 Å². The highest BCUT2D eigenvalue weighted by Gasteiger charge is 2.11. The number of hydrogen-bond acceptors (Lipinski definition) is 7. The van der Waals surface area contributed by atoms with Gasteiger partial charge in [-0.1, -0.05) is 41.0 Å². The molecule has 0 aliphatic rings. The maximum Gasteiger partial charge on any atom is 0.258 e. The number of carbonyl (C=O) groups excluding carboxylic acids is 1. The number of halogens is 2. The second-order valence-corrected chi connectivity index (χ2v) is 5.89. The predicted octanol–water partition coefficient (Wildman–Crippen LogP) is 0.993. The van der Waals surface area contributed by atoms with E-state index in [1.54, 1.807) is 18.2 Å². The van der Waals surface area contributed by atoms with Crippen molar-refractivity contribution in [1.29, 1.82) is 0 Å². The minimum absolute atomic E-state index is 0.140. The Balaban J connectivity index is 1.82. The molecule has 22 heavy (non-hydrogen) atoms. The molecule has 0 saturated carbocycles. The molecule has 0 aliphatic carbocycles. The smallest absolute Gasteiger partial charge is 0.258 e. The van der Waals surface area contributed by atoms with Crippen molar-refractivity contribution in [3.8, 4) is 0 Å². The number of nitrogen functional groups attached to an aromatic ring is 2. The van der Waals surface area contributed by atoms with Crippen LogP contribution in [0, 0.1) is 0 Å². The zero-order valence-electron chi connectivity index (χ0n) is 11.2. The van der Waals surface area contributed by atoms with Crippen LogP contribution in [0.1, 0.15) is 5.56 Å². The third kappa shape index (κ3) is 4.17. The van der Waals surface area contributed by atoms with Crippen LogP contribution in [0.4, 0.5) is 5.95 Å². The third-order valence-electron chi connectivity index (χ3n) is 2.60. The zero-order valence-corrected chi connectivity index (χ0v) is 13.5. The summed E-state index contributed by atoms with van der Waals surface area (Å²) in [7, 11) is 0. The molecule has 0 unspecified atom stereocenters. The molecular weight excluding hydrogens is 349 g/mol. The van der Waals surface area contributed by atoms with E-state index in [0.717, 1.165) is 22.0 Å². The Morgan fingerprint density at radius 1 is 1.32 bits per heavy atom. The first-order valence-corrected chi connectivity index (χ1v) is 7.76. The number of benzene rings is 1. The fraction of sp³-hybridized carbons (Fsp3) is 0.182. The van der Waals surface area contributed by atoms with Crippen molar-refractivity contribution < 1.29 is 4.79 Å². The summed E-state index contributed by atoms with van der Waals surface area (Å²) in [6, 6.07) is 5.17. The van der Waals surface area contributed by atoms with Crippen LogP contribution in [-0.2, 0) is 11.3 Å². The van der Waals surface area contributed by atoms with Gasteiger partial charge in [0, 0.05) is 6.54 Å². The monoisotopic (exact) mass is 361 g/mol. The normalized spacial score (nSPS) is 10.5. The molecule has 0 bridgehead atoms. The fourth-order valence-corrected chi connectivity index (χ4v) is 2.51. The first kappa shape index (κ1) is 16.7. The van der Waals surface area contributed by atoms with Gasteiger partial charge in [-0.15, -0.1) is 10.2 Å². The number of hydrazine groups is 1. The van der Waals surface area contributed by atoms with E-state index >= 15 is 0 Å². The molecule has 11 heteroatoms. The molecule has 6 N–H and O–H groups in total. The van der Waals surface area contributed by atoms with Gasteiger partial charge in [-0.05, 0) is 17.7 Å². The molecule has 1 amide bonds. The molecular formula is C11H13Cl2N7OS. The number of nitrogens with two attached hydrogens (primary N) is 2. The molecule has 2 rings (SSSR count). The van der Waals surface area contributed by atoms with E-state index in [9.17, 15) is 4.79 Å². The molecule has 0 saturated heterocycles. The summed E-state index contributed by atoms with van der Waals surface area (Å²) < 4.78 is 1.16. The van der Waals surface area contributed by atoms with Crippen molar-refractivity contribution in [3.05, 3.63) is 33.8 Å². The highest BCUT2D eigenvalue weighted by molar-refractivity contribution is 7.99. The summed E-state index contributed by atoms with van der Waals surface area (Å²) in [5.74, 6) is 11.0. The number of carbonyl (C=O) groups is 1. The van der Waals surface area contributed by atoms with Gasteiger partial charge >= 0.3 is 0 Å². The van der Waals surface area contributed by atoms with E-state index in [1.165, 1.54) is 0 Å². The molecule has 1 aromatic heterocycles. The first-order valence-electron chi connectivity index (χ1n) is 6.01. The van der Waals surface area contributed by atoms with Crippen molar-refractivity contribution >= 4 is 46.8 Å². The maximum atomic E-state index is 11.8. The summed E-state index contributed by atoms with van der Waals surface area (Å²) in [6.07, 6.45) is 0. The van der Waals surface area contributed by atoms with Crippen LogP contribution in [-0.4, -0.2) is 26.5 Å². The molecule has 8 nitrogen and oxygen atoms in total. The molecule has 118 valence electrons. The lowest BCUT2D eigenvalue weighted by Crippen LogP contribution is -2.25. The molecule has 2 aromatic rings. The Hall–Kier alpha value is -1.68. The van der Waals surface area contributed by atoms with Gasteiger partial charge in [-0.2, -0.15) is 0 Å². The zero-order chi connectivity index (χ0) is 16.1. The maximum absolute atomic E-state index is 11.8. The quantitative estimate of drug-likeness (QED) is 0.343. The summed E-state index contributed by atoms with van der Waals surface area (Å²) >= 11 is 12.9. The second kappa shape index (κ2) is 7.54. The summed E-state index contributed by atoms with van der Waals surface area (Å²) in [5.41, 5.74) is 3.14. The molecule has 0 spiro atoms. The summed E-state index contributed by atoms with van der Waals surface area (Å²) in [4.78, 5) is 11.8. The Kier molecular flexibility index (Phi) is 5.72. The van der Waals surface area contributed by atoms with Crippen LogP contribution in [0.25, 0.3) is 0 Å².